The zero-order valence-electron chi connectivity index (χ0n) is 12.9. The molecule has 7 heteroatoms. The Hall–Kier alpha value is -3.22. The highest BCUT2D eigenvalue weighted by Crippen LogP contribution is 2.16. The van der Waals surface area contributed by atoms with Gasteiger partial charge in [0.1, 0.15) is 11.5 Å². The zero-order valence-corrected chi connectivity index (χ0v) is 12.9. The van der Waals surface area contributed by atoms with Crippen LogP contribution >= 0.6 is 0 Å². The molecule has 2 aromatic rings. The quantitative estimate of drug-likeness (QED) is 0.582. The van der Waals surface area contributed by atoms with Crippen molar-refractivity contribution >= 4 is 17.8 Å². The van der Waals surface area contributed by atoms with Crippen LogP contribution in [0.5, 0.6) is 11.5 Å². The van der Waals surface area contributed by atoms with Crippen molar-refractivity contribution in [3.63, 3.8) is 0 Å². The van der Waals surface area contributed by atoms with Gasteiger partial charge < -0.3 is 14.6 Å². The van der Waals surface area contributed by atoms with Crippen molar-refractivity contribution in [2.75, 3.05) is 6.61 Å². The van der Waals surface area contributed by atoms with E-state index in [9.17, 15) is 18.4 Å². The minimum atomic E-state index is -2.91. The Morgan fingerprint density at radius 2 is 1.60 bits per heavy atom. The van der Waals surface area contributed by atoms with E-state index in [1.807, 2.05) is 0 Å². The third kappa shape index (κ3) is 6.06. The van der Waals surface area contributed by atoms with Crippen molar-refractivity contribution in [1.82, 2.24) is 0 Å². The predicted octanol–water partition coefficient (Wildman–Crippen LogP) is 3.65. The van der Waals surface area contributed by atoms with Crippen LogP contribution in [-0.4, -0.2) is 30.1 Å². The number of benzene rings is 2. The molecule has 0 unspecified atom stereocenters. The summed E-state index contributed by atoms with van der Waals surface area (Å²) >= 11 is 0. The molecule has 0 aliphatic rings. The van der Waals surface area contributed by atoms with Crippen LogP contribution in [0.3, 0.4) is 0 Å². The number of carbonyl (C=O) groups excluding carboxylic acids is 1. The molecule has 0 saturated carbocycles. The molecule has 2 rings (SSSR count). The molecule has 25 heavy (non-hydrogen) atoms. The Morgan fingerprint density at radius 3 is 2.16 bits per heavy atom. The van der Waals surface area contributed by atoms with Crippen molar-refractivity contribution < 1.29 is 33.0 Å². The molecular weight excluding hydrogens is 334 g/mol. The highest BCUT2D eigenvalue weighted by Gasteiger charge is 2.06. The van der Waals surface area contributed by atoms with Gasteiger partial charge in [0, 0.05) is 5.56 Å². The van der Waals surface area contributed by atoms with E-state index in [0.29, 0.717) is 16.9 Å². The maximum Gasteiger partial charge on any atom is 0.387 e. The summed E-state index contributed by atoms with van der Waals surface area (Å²) in [4.78, 5) is 22.4. The Bertz CT molecular complexity index is 752. The number of halogens is 2. The molecule has 0 atom stereocenters. The summed E-state index contributed by atoms with van der Waals surface area (Å²) in [6.07, 6.45) is 2.92. The predicted molar refractivity (Wildman–Crippen MR) is 86.0 cm³/mol. The van der Waals surface area contributed by atoms with Crippen molar-refractivity contribution in [3.8, 4) is 11.5 Å². The van der Waals surface area contributed by atoms with Crippen LogP contribution in [0.15, 0.2) is 54.6 Å². The fourth-order valence-electron chi connectivity index (χ4n) is 1.89. The van der Waals surface area contributed by atoms with Crippen LogP contribution in [0, 0.1) is 0 Å². The summed E-state index contributed by atoms with van der Waals surface area (Å²) in [7, 11) is 0. The maximum atomic E-state index is 12.1. The monoisotopic (exact) mass is 348 g/mol. The van der Waals surface area contributed by atoms with E-state index in [2.05, 4.69) is 4.74 Å². The zero-order chi connectivity index (χ0) is 18.2. The molecule has 0 saturated heterocycles. The van der Waals surface area contributed by atoms with Crippen molar-refractivity contribution in [3.05, 3.63) is 65.7 Å². The van der Waals surface area contributed by atoms with Gasteiger partial charge in [0.05, 0.1) is 0 Å². The summed E-state index contributed by atoms with van der Waals surface area (Å²) in [5, 5.41) is 8.52. The third-order valence-corrected chi connectivity index (χ3v) is 3.03. The number of hydrogen-bond donors (Lipinski definition) is 1. The Labute approximate surface area is 142 Å². The van der Waals surface area contributed by atoms with Crippen LogP contribution in [-0.2, 0) is 4.79 Å². The molecule has 1 N–H and O–H groups in total. The fourth-order valence-corrected chi connectivity index (χ4v) is 1.89. The van der Waals surface area contributed by atoms with Gasteiger partial charge in [-0.25, -0.2) is 4.79 Å². The second-order valence-corrected chi connectivity index (χ2v) is 4.85. The SMILES string of the molecule is O=C(O)COc1ccc(/C=C/C(=O)c2ccc(OC(F)F)cc2)cc1. The molecular formula is C18H14F2O5. The molecule has 0 spiro atoms. The van der Waals surface area contributed by atoms with E-state index in [1.54, 1.807) is 30.3 Å². The maximum absolute atomic E-state index is 12.1. The number of rotatable bonds is 8. The van der Waals surface area contributed by atoms with E-state index in [-0.39, 0.29) is 11.5 Å². The number of allylic oxidation sites excluding steroid dienone is 1. The first-order chi connectivity index (χ1) is 11.9. The number of ketones is 1. The first-order valence-corrected chi connectivity index (χ1v) is 7.16. The summed E-state index contributed by atoms with van der Waals surface area (Å²) in [6.45, 7) is -3.34. The normalized spacial score (nSPS) is 10.8. The van der Waals surface area contributed by atoms with Gasteiger partial charge in [-0.2, -0.15) is 8.78 Å². The van der Waals surface area contributed by atoms with Crippen LogP contribution in [0.2, 0.25) is 0 Å². The average molecular weight is 348 g/mol. The number of carboxylic acids is 1. The van der Waals surface area contributed by atoms with Gasteiger partial charge in [-0.15, -0.1) is 0 Å². The molecule has 0 radical (unpaired) electrons. The smallest absolute Gasteiger partial charge is 0.387 e. The van der Waals surface area contributed by atoms with Gasteiger partial charge in [-0.1, -0.05) is 18.2 Å². The van der Waals surface area contributed by atoms with E-state index in [0.717, 1.165) is 0 Å². The van der Waals surface area contributed by atoms with Gasteiger partial charge in [0.2, 0.25) is 0 Å². The van der Waals surface area contributed by atoms with Gasteiger partial charge >= 0.3 is 12.6 Å². The van der Waals surface area contributed by atoms with Crippen molar-refractivity contribution in [2.24, 2.45) is 0 Å². The summed E-state index contributed by atoms with van der Waals surface area (Å²) in [5.41, 5.74) is 1.05. The van der Waals surface area contributed by atoms with Gasteiger partial charge in [-0.05, 0) is 48.0 Å². The summed E-state index contributed by atoms with van der Waals surface area (Å²) in [6, 6.07) is 11.9. The second kappa shape index (κ2) is 8.58. The standard InChI is InChI=1S/C18H14F2O5/c19-18(20)25-15-8-4-13(5-9-15)16(21)10-3-12-1-6-14(7-2-12)24-11-17(22)23/h1-10,18H,11H2,(H,22,23)/b10-3+. The molecule has 0 bridgehead atoms. The minimum Gasteiger partial charge on any atom is -0.482 e. The lowest BCUT2D eigenvalue weighted by atomic mass is 10.1. The molecule has 0 fully saturated rings. The number of ether oxygens (including phenoxy) is 2. The van der Waals surface area contributed by atoms with Gasteiger partial charge in [0.25, 0.3) is 0 Å². The number of aliphatic carboxylic acids is 1. The van der Waals surface area contributed by atoms with Crippen LogP contribution in [0.4, 0.5) is 8.78 Å². The van der Waals surface area contributed by atoms with Gasteiger partial charge in [0.15, 0.2) is 12.4 Å². The molecule has 2 aromatic carbocycles. The van der Waals surface area contributed by atoms with E-state index < -0.39 is 19.2 Å². The Kier molecular flexibility index (Phi) is 6.22. The number of carboxylic acid groups (broad SMARTS) is 1. The molecule has 0 amide bonds. The van der Waals surface area contributed by atoms with Crippen molar-refractivity contribution in [2.45, 2.75) is 6.61 Å². The Balaban J connectivity index is 1.96. The lowest BCUT2D eigenvalue weighted by Crippen LogP contribution is -2.09. The topological polar surface area (TPSA) is 72.8 Å². The van der Waals surface area contributed by atoms with Crippen LogP contribution in [0.1, 0.15) is 15.9 Å². The lowest BCUT2D eigenvalue weighted by molar-refractivity contribution is -0.139. The van der Waals surface area contributed by atoms with E-state index in [1.165, 1.54) is 30.3 Å². The third-order valence-electron chi connectivity index (χ3n) is 3.03. The fraction of sp³-hybridized carbons (Fsp3) is 0.111. The van der Waals surface area contributed by atoms with Crippen LogP contribution < -0.4 is 9.47 Å². The molecule has 130 valence electrons. The lowest BCUT2D eigenvalue weighted by Gasteiger charge is -2.04. The second-order valence-electron chi connectivity index (χ2n) is 4.85. The largest absolute Gasteiger partial charge is 0.482 e. The molecule has 0 aromatic heterocycles. The van der Waals surface area contributed by atoms with Gasteiger partial charge in [-0.3, -0.25) is 4.79 Å². The highest BCUT2D eigenvalue weighted by molar-refractivity contribution is 6.06. The summed E-state index contributed by atoms with van der Waals surface area (Å²) < 4.78 is 33.3. The molecule has 0 aliphatic carbocycles. The number of alkyl halides is 2. The number of hydrogen-bond acceptors (Lipinski definition) is 4. The molecule has 0 aliphatic heterocycles. The Morgan fingerprint density at radius 1 is 1.00 bits per heavy atom. The van der Waals surface area contributed by atoms with Crippen LogP contribution in [0.25, 0.3) is 6.08 Å². The highest BCUT2D eigenvalue weighted by atomic mass is 19.3. The first kappa shape index (κ1) is 18.1. The van der Waals surface area contributed by atoms with Crippen molar-refractivity contribution in [1.29, 1.82) is 0 Å². The molecule has 0 heterocycles. The van der Waals surface area contributed by atoms with E-state index >= 15 is 0 Å². The first-order valence-electron chi connectivity index (χ1n) is 7.16. The summed E-state index contributed by atoms with van der Waals surface area (Å²) in [5.74, 6) is -0.984. The molecule has 5 nitrogen and oxygen atoms in total. The number of carbonyl (C=O) groups is 2. The average Bonchev–Trinajstić information content (AvgIpc) is 2.59. The van der Waals surface area contributed by atoms with E-state index in [4.69, 9.17) is 9.84 Å². The minimum absolute atomic E-state index is 0.0209.